The molecule has 0 bridgehead atoms. The van der Waals surface area contributed by atoms with E-state index in [4.69, 9.17) is 9.47 Å². The number of fused-ring (bicyclic) bond motifs is 1. The van der Waals surface area contributed by atoms with Crippen molar-refractivity contribution in [1.29, 1.82) is 0 Å². The summed E-state index contributed by atoms with van der Waals surface area (Å²) in [5, 5.41) is 0. The standard InChI is InChI=1S/C28H29NO5/c1-17-8-13-22-21(16-17)25(30)23-24(19-9-11-20(12-10-19)28(32)33-2)29(27(31)26(23)34-22)15-14-18-6-4-3-5-7-18/h3-7,9-12,17,21-22,24H,8,13-16H2,1-2H3. The molecule has 6 nitrogen and oxygen atoms in total. The minimum absolute atomic E-state index is 0.0374. The van der Waals surface area contributed by atoms with Crippen molar-refractivity contribution in [3.8, 4) is 0 Å². The molecule has 4 atom stereocenters. The average Bonchev–Trinajstić information content (AvgIpc) is 3.15. The summed E-state index contributed by atoms with van der Waals surface area (Å²) >= 11 is 0. The van der Waals surface area contributed by atoms with Gasteiger partial charge in [0.25, 0.3) is 5.91 Å². The van der Waals surface area contributed by atoms with Crippen LogP contribution in [0.2, 0.25) is 0 Å². The fraction of sp³-hybridized carbons (Fsp3) is 0.393. The Labute approximate surface area is 199 Å². The van der Waals surface area contributed by atoms with E-state index in [-0.39, 0.29) is 29.5 Å². The third kappa shape index (κ3) is 3.91. The lowest BCUT2D eigenvalue weighted by atomic mass is 9.74. The van der Waals surface area contributed by atoms with E-state index in [2.05, 4.69) is 6.92 Å². The van der Waals surface area contributed by atoms with Gasteiger partial charge < -0.3 is 14.4 Å². The minimum atomic E-state index is -0.524. The Morgan fingerprint density at radius 1 is 1.06 bits per heavy atom. The number of hydrogen-bond acceptors (Lipinski definition) is 5. The molecule has 3 aliphatic rings. The van der Waals surface area contributed by atoms with E-state index in [1.54, 1.807) is 29.2 Å². The molecule has 1 aliphatic carbocycles. The lowest BCUT2D eigenvalue weighted by Crippen LogP contribution is -2.41. The largest absolute Gasteiger partial charge is 0.483 e. The molecular formula is C28H29NO5. The Balaban J connectivity index is 1.51. The van der Waals surface area contributed by atoms with Crippen LogP contribution in [0, 0.1) is 11.8 Å². The number of nitrogens with zero attached hydrogens (tertiary/aromatic N) is 1. The van der Waals surface area contributed by atoms with Crippen molar-refractivity contribution in [3.63, 3.8) is 0 Å². The van der Waals surface area contributed by atoms with Crippen LogP contribution >= 0.6 is 0 Å². The zero-order valence-electron chi connectivity index (χ0n) is 19.5. The Hall–Kier alpha value is -3.41. The Morgan fingerprint density at radius 3 is 2.50 bits per heavy atom. The van der Waals surface area contributed by atoms with Gasteiger partial charge in [-0.3, -0.25) is 9.59 Å². The Morgan fingerprint density at radius 2 is 1.79 bits per heavy atom. The highest BCUT2D eigenvalue weighted by Crippen LogP contribution is 2.47. The third-order valence-corrected chi connectivity index (χ3v) is 7.34. The molecule has 2 aromatic carbocycles. The van der Waals surface area contributed by atoms with Crippen LogP contribution in [0.4, 0.5) is 0 Å². The van der Waals surface area contributed by atoms with E-state index in [9.17, 15) is 14.4 Å². The molecule has 4 unspecified atom stereocenters. The monoisotopic (exact) mass is 459 g/mol. The topological polar surface area (TPSA) is 72.9 Å². The molecule has 0 radical (unpaired) electrons. The molecule has 1 saturated carbocycles. The highest BCUT2D eigenvalue weighted by Gasteiger charge is 2.52. The molecule has 0 saturated heterocycles. The van der Waals surface area contributed by atoms with Gasteiger partial charge in [-0.2, -0.15) is 0 Å². The van der Waals surface area contributed by atoms with Gasteiger partial charge >= 0.3 is 5.97 Å². The summed E-state index contributed by atoms with van der Waals surface area (Å²) in [5.41, 5.74) is 2.81. The van der Waals surface area contributed by atoms with Gasteiger partial charge in [-0.15, -0.1) is 0 Å². The van der Waals surface area contributed by atoms with Gasteiger partial charge in [-0.25, -0.2) is 4.79 Å². The molecule has 176 valence electrons. The molecule has 34 heavy (non-hydrogen) atoms. The van der Waals surface area contributed by atoms with Gasteiger partial charge in [0, 0.05) is 6.54 Å². The van der Waals surface area contributed by atoms with E-state index >= 15 is 0 Å². The number of esters is 1. The molecule has 6 heteroatoms. The lowest BCUT2D eigenvalue weighted by Gasteiger charge is -2.37. The highest BCUT2D eigenvalue weighted by molar-refractivity contribution is 6.11. The molecule has 0 spiro atoms. The fourth-order valence-electron chi connectivity index (χ4n) is 5.52. The molecule has 1 amide bonds. The number of amides is 1. The van der Waals surface area contributed by atoms with Crippen LogP contribution in [0.25, 0.3) is 0 Å². The lowest BCUT2D eigenvalue weighted by molar-refractivity contribution is -0.136. The van der Waals surface area contributed by atoms with Crippen molar-refractivity contribution in [3.05, 3.63) is 82.6 Å². The summed E-state index contributed by atoms with van der Waals surface area (Å²) in [6, 6.07) is 16.4. The maximum atomic E-state index is 13.8. The molecule has 5 rings (SSSR count). The van der Waals surface area contributed by atoms with Crippen LogP contribution in [0.1, 0.15) is 53.7 Å². The van der Waals surface area contributed by atoms with Crippen LogP contribution in [0.3, 0.4) is 0 Å². The van der Waals surface area contributed by atoms with E-state index < -0.39 is 12.0 Å². The zero-order valence-corrected chi connectivity index (χ0v) is 19.5. The van der Waals surface area contributed by atoms with Gasteiger partial charge in [0.1, 0.15) is 6.10 Å². The van der Waals surface area contributed by atoms with Gasteiger partial charge in [0.05, 0.1) is 30.2 Å². The Kier molecular flexibility index (Phi) is 5.98. The normalized spacial score (nSPS) is 26.1. The number of carbonyl (C=O) groups is 3. The van der Waals surface area contributed by atoms with Gasteiger partial charge in [0.2, 0.25) is 0 Å². The second-order valence-corrected chi connectivity index (χ2v) is 9.54. The minimum Gasteiger partial charge on any atom is -0.483 e. The second kappa shape index (κ2) is 9.09. The van der Waals surface area contributed by atoms with Crippen molar-refractivity contribution in [2.24, 2.45) is 11.8 Å². The quantitative estimate of drug-likeness (QED) is 0.625. The summed E-state index contributed by atoms with van der Waals surface area (Å²) in [6.45, 7) is 2.63. The first kappa shape index (κ1) is 22.4. The number of methoxy groups -OCH3 is 1. The van der Waals surface area contributed by atoms with Crippen LogP contribution in [-0.2, 0) is 25.5 Å². The SMILES string of the molecule is COC(=O)c1ccc(C2C3=C(OC4CCC(C)CC4C3=O)C(=O)N2CCc2ccccc2)cc1. The summed E-state index contributed by atoms with van der Waals surface area (Å²) in [5.74, 6) is -0.142. The first-order chi connectivity index (χ1) is 16.5. The summed E-state index contributed by atoms with van der Waals surface area (Å²) < 4.78 is 11.1. The maximum absolute atomic E-state index is 13.8. The molecular weight excluding hydrogens is 430 g/mol. The van der Waals surface area contributed by atoms with Crippen LogP contribution in [0.5, 0.6) is 0 Å². The molecule has 0 aromatic heterocycles. The van der Waals surface area contributed by atoms with Crippen molar-refractivity contribution in [2.45, 2.75) is 44.8 Å². The van der Waals surface area contributed by atoms with Crippen LogP contribution in [0.15, 0.2) is 65.9 Å². The van der Waals surface area contributed by atoms with E-state index in [1.165, 1.54) is 7.11 Å². The molecule has 1 fully saturated rings. The van der Waals surface area contributed by atoms with Crippen molar-refractivity contribution < 1.29 is 23.9 Å². The van der Waals surface area contributed by atoms with Gasteiger partial charge in [-0.1, -0.05) is 49.4 Å². The summed E-state index contributed by atoms with van der Waals surface area (Å²) in [4.78, 5) is 41.0. The molecule has 2 aromatic rings. The molecule has 0 N–H and O–H groups in total. The fourth-order valence-corrected chi connectivity index (χ4v) is 5.52. The Bertz CT molecular complexity index is 1140. The first-order valence-corrected chi connectivity index (χ1v) is 12.0. The number of ketones is 1. The van der Waals surface area contributed by atoms with E-state index in [1.807, 2.05) is 30.3 Å². The van der Waals surface area contributed by atoms with Crippen LogP contribution < -0.4 is 0 Å². The van der Waals surface area contributed by atoms with Crippen LogP contribution in [-0.4, -0.2) is 42.3 Å². The number of Topliss-reactive ketones (excluding diaryl/α,β-unsaturated/α-hetero) is 1. The van der Waals surface area contributed by atoms with Crippen molar-refractivity contribution >= 4 is 17.7 Å². The zero-order chi connectivity index (χ0) is 23.8. The summed E-state index contributed by atoms with van der Waals surface area (Å²) in [6.07, 6.45) is 3.03. The highest BCUT2D eigenvalue weighted by atomic mass is 16.5. The smallest absolute Gasteiger partial charge is 0.337 e. The van der Waals surface area contributed by atoms with Gasteiger partial charge in [-0.05, 0) is 54.9 Å². The van der Waals surface area contributed by atoms with Crippen molar-refractivity contribution in [2.75, 3.05) is 13.7 Å². The predicted octanol–water partition coefficient (Wildman–Crippen LogP) is 4.26. The third-order valence-electron chi connectivity index (χ3n) is 7.34. The summed E-state index contributed by atoms with van der Waals surface area (Å²) in [7, 11) is 1.34. The van der Waals surface area contributed by atoms with Gasteiger partial charge in [0.15, 0.2) is 11.5 Å². The number of ether oxygens (including phenoxy) is 2. The molecule has 2 heterocycles. The molecule has 2 aliphatic heterocycles. The maximum Gasteiger partial charge on any atom is 0.337 e. The first-order valence-electron chi connectivity index (χ1n) is 12.0. The number of rotatable bonds is 5. The van der Waals surface area contributed by atoms with E-state index in [0.29, 0.717) is 30.0 Å². The van der Waals surface area contributed by atoms with E-state index in [0.717, 1.165) is 30.4 Å². The average molecular weight is 460 g/mol. The number of carbonyl (C=O) groups excluding carboxylic acids is 3. The predicted molar refractivity (Wildman–Crippen MR) is 126 cm³/mol. The number of hydrogen-bond donors (Lipinski definition) is 0. The second-order valence-electron chi connectivity index (χ2n) is 9.54. The van der Waals surface area contributed by atoms with Crippen molar-refractivity contribution in [1.82, 2.24) is 4.90 Å². The number of benzene rings is 2.